The van der Waals surface area contributed by atoms with E-state index >= 15 is 0 Å². The molecular weight excluding hydrogens is 394 g/mol. The van der Waals surface area contributed by atoms with Crippen LogP contribution in [0, 0.1) is 5.41 Å². The Morgan fingerprint density at radius 3 is 2.29 bits per heavy atom. The molecule has 0 heterocycles. The summed E-state index contributed by atoms with van der Waals surface area (Å²) in [5.41, 5.74) is 2.50. The van der Waals surface area contributed by atoms with Crippen LogP contribution in [-0.2, 0) is 25.5 Å². The predicted molar refractivity (Wildman–Crippen MR) is 120 cm³/mol. The Morgan fingerprint density at radius 1 is 1.06 bits per heavy atom. The van der Waals surface area contributed by atoms with Crippen molar-refractivity contribution in [2.75, 3.05) is 13.2 Å². The molecule has 0 spiro atoms. The molecule has 2 N–H and O–H groups in total. The molecule has 2 atom stereocenters. The average molecular weight is 426 g/mol. The van der Waals surface area contributed by atoms with E-state index < -0.39 is 11.4 Å². The number of benzene rings is 2. The second-order valence-corrected chi connectivity index (χ2v) is 8.04. The number of carbonyl (C=O) groups is 3. The first-order valence-corrected chi connectivity index (χ1v) is 10.5. The summed E-state index contributed by atoms with van der Waals surface area (Å²) in [6, 6.07) is 17.8. The molecule has 0 aliphatic heterocycles. The predicted octanol–water partition coefficient (Wildman–Crippen LogP) is 3.88. The van der Waals surface area contributed by atoms with E-state index in [0.29, 0.717) is 19.4 Å². The van der Waals surface area contributed by atoms with Crippen molar-refractivity contribution in [2.45, 2.75) is 45.6 Å². The maximum atomic E-state index is 12.3. The number of carboxylic acid groups (broad SMARTS) is 1. The SMILES string of the molecule is CCOC[C@@](C)(C=O)C[C@@H](Cc1ccc(-c2ccccc2)cc1)NC(=O)CCC(=O)O. The number of aldehydes is 1. The normalized spacial score (nSPS) is 13.7. The summed E-state index contributed by atoms with van der Waals surface area (Å²) in [7, 11) is 0. The van der Waals surface area contributed by atoms with Crippen LogP contribution in [0.15, 0.2) is 54.6 Å². The maximum absolute atomic E-state index is 12.3. The molecule has 2 rings (SSSR count). The molecule has 1 amide bonds. The van der Waals surface area contributed by atoms with E-state index in [1.807, 2.05) is 68.4 Å². The first-order valence-electron chi connectivity index (χ1n) is 10.5. The third-order valence-corrected chi connectivity index (χ3v) is 5.11. The maximum Gasteiger partial charge on any atom is 0.303 e. The first kappa shape index (κ1) is 24.3. The Hall–Kier alpha value is -2.99. The number of amides is 1. The Labute approximate surface area is 183 Å². The van der Waals surface area contributed by atoms with Crippen LogP contribution in [-0.4, -0.2) is 42.5 Å². The molecule has 31 heavy (non-hydrogen) atoms. The number of hydrogen-bond acceptors (Lipinski definition) is 4. The molecule has 0 aromatic heterocycles. The van der Waals surface area contributed by atoms with Gasteiger partial charge < -0.3 is 20.0 Å². The highest BCUT2D eigenvalue weighted by molar-refractivity contribution is 5.80. The lowest BCUT2D eigenvalue weighted by Crippen LogP contribution is -2.42. The highest BCUT2D eigenvalue weighted by Crippen LogP contribution is 2.25. The van der Waals surface area contributed by atoms with Crippen molar-refractivity contribution in [3.8, 4) is 11.1 Å². The number of nitrogens with one attached hydrogen (secondary N) is 1. The number of ether oxygens (including phenoxy) is 1. The number of aliphatic carboxylic acids is 1. The Morgan fingerprint density at radius 2 is 1.71 bits per heavy atom. The van der Waals surface area contributed by atoms with E-state index in [4.69, 9.17) is 9.84 Å². The topological polar surface area (TPSA) is 92.7 Å². The zero-order chi connectivity index (χ0) is 22.7. The minimum absolute atomic E-state index is 0.0952. The average Bonchev–Trinajstić information content (AvgIpc) is 2.77. The van der Waals surface area contributed by atoms with Gasteiger partial charge in [-0.3, -0.25) is 9.59 Å². The van der Waals surface area contributed by atoms with Crippen LogP contribution in [0.25, 0.3) is 11.1 Å². The van der Waals surface area contributed by atoms with Crippen molar-refractivity contribution in [1.82, 2.24) is 5.32 Å². The molecule has 0 aliphatic rings. The second-order valence-electron chi connectivity index (χ2n) is 8.04. The van der Waals surface area contributed by atoms with Crippen molar-refractivity contribution in [1.29, 1.82) is 0 Å². The summed E-state index contributed by atoms with van der Waals surface area (Å²) in [5.74, 6) is -1.35. The van der Waals surface area contributed by atoms with Gasteiger partial charge in [0.15, 0.2) is 0 Å². The van der Waals surface area contributed by atoms with Gasteiger partial charge in [0.25, 0.3) is 0 Å². The summed E-state index contributed by atoms with van der Waals surface area (Å²) in [5, 5.41) is 11.7. The van der Waals surface area contributed by atoms with E-state index in [9.17, 15) is 14.4 Å². The van der Waals surface area contributed by atoms with E-state index in [1.54, 1.807) is 0 Å². The van der Waals surface area contributed by atoms with Crippen molar-refractivity contribution < 1.29 is 24.2 Å². The Balaban J connectivity index is 2.13. The Bertz CT molecular complexity index is 850. The van der Waals surface area contributed by atoms with E-state index in [2.05, 4.69) is 5.32 Å². The van der Waals surface area contributed by atoms with Crippen LogP contribution in [0.2, 0.25) is 0 Å². The van der Waals surface area contributed by atoms with Gasteiger partial charge in [-0.05, 0) is 36.5 Å². The minimum Gasteiger partial charge on any atom is -0.481 e. The van der Waals surface area contributed by atoms with E-state index in [1.165, 1.54) is 0 Å². The van der Waals surface area contributed by atoms with Gasteiger partial charge in [-0.15, -0.1) is 0 Å². The van der Waals surface area contributed by atoms with Gasteiger partial charge in [0.05, 0.1) is 13.0 Å². The molecular formula is C25H31NO5. The quantitative estimate of drug-likeness (QED) is 0.475. The molecule has 2 aromatic rings. The summed E-state index contributed by atoms with van der Waals surface area (Å²) >= 11 is 0. The molecule has 0 aliphatic carbocycles. The molecule has 166 valence electrons. The standard InChI is InChI=1S/C25H31NO5/c1-3-31-18-25(2,17-27)16-22(26-23(28)13-14-24(29)30)15-19-9-11-21(12-10-19)20-7-5-4-6-8-20/h4-12,17,22H,3,13-16,18H2,1-2H3,(H,26,28)(H,29,30)/t22-,25-/m1/s1. The highest BCUT2D eigenvalue weighted by atomic mass is 16.5. The van der Waals surface area contributed by atoms with E-state index in [-0.39, 0.29) is 31.4 Å². The zero-order valence-corrected chi connectivity index (χ0v) is 18.2. The molecule has 6 heteroatoms. The lowest BCUT2D eigenvalue weighted by molar-refractivity contribution is -0.139. The lowest BCUT2D eigenvalue weighted by atomic mass is 9.83. The van der Waals surface area contributed by atoms with Crippen molar-refractivity contribution in [3.05, 3.63) is 60.2 Å². The van der Waals surface area contributed by atoms with Crippen LogP contribution in [0.5, 0.6) is 0 Å². The second kappa shape index (κ2) is 12.0. The molecule has 6 nitrogen and oxygen atoms in total. The van der Waals surface area contributed by atoms with Crippen LogP contribution < -0.4 is 5.32 Å². The van der Waals surface area contributed by atoms with Gasteiger partial charge in [-0.1, -0.05) is 61.5 Å². The molecule has 0 fully saturated rings. The fourth-order valence-electron chi connectivity index (χ4n) is 3.48. The van der Waals surface area contributed by atoms with Gasteiger partial charge in [-0.25, -0.2) is 0 Å². The van der Waals surface area contributed by atoms with Gasteiger partial charge in [0.1, 0.15) is 6.29 Å². The van der Waals surface area contributed by atoms with Gasteiger partial charge in [-0.2, -0.15) is 0 Å². The molecule has 2 aromatic carbocycles. The highest BCUT2D eigenvalue weighted by Gasteiger charge is 2.29. The van der Waals surface area contributed by atoms with Crippen molar-refractivity contribution in [2.24, 2.45) is 5.41 Å². The van der Waals surface area contributed by atoms with Crippen molar-refractivity contribution in [3.63, 3.8) is 0 Å². The third-order valence-electron chi connectivity index (χ3n) is 5.11. The lowest BCUT2D eigenvalue weighted by Gasteiger charge is -2.29. The molecule has 0 bridgehead atoms. The van der Waals surface area contributed by atoms with E-state index in [0.717, 1.165) is 23.0 Å². The van der Waals surface area contributed by atoms with Gasteiger partial charge >= 0.3 is 5.97 Å². The smallest absolute Gasteiger partial charge is 0.303 e. The molecule has 0 radical (unpaired) electrons. The number of rotatable bonds is 13. The zero-order valence-electron chi connectivity index (χ0n) is 18.2. The van der Waals surface area contributed by atoms with Crippen molar-refractivity contribution >= 4 is 18.2 Å². The minimum atomic E-state index is -1.02. The monoisotopic (exact) mass is 425 g/mol. The summed E-state index contributed by atoms with van der Waals surface area (Å²) in [6.45, 7) is 4.44. The van der Waals surface area contributed by atoms with Gasteiger partial charge in [0, 0.05) is 24.5 Å². The fraction of sp³-hybridized carbons (Fsp3) is 0.400. The number of carboxylic acids is 1. The molecule has 0 saturated heterocycles. The Kier molecular flexibility index (Phi) is 9.40. The van der Waals surface area contributed by atoms with Crippen LogP contribution in [0.1, 0.15) is 38.7 Å². The fourth-order valence-corrected chi connectivity index (χ4v) is 3.48. The summed E-state index contributed by atoms with van der Waals surface area (Å²) in [4.78, 5) is 34.8. The molecule has 0 unspecified atom stereocenters. The number of carbonyl (C=O) groups excluding carboxylic acids is 2. The van der Waals surface area contributed by atoms with Crippen LogP contribution in [0.3, 0.4) is 0 Å². The summed E-state index contributed by atoms with van der Waals surface area (Å²) in [6.07, 6.45) is 1.48. The van der Waals surface area contributed by atoms with Crippen LogP contribution >= 0.6 is 0 Å². The largest absolute Gasteiger partial charge is 0.481 e. The first-order chi connectivity index (χ1) is 14.8. The van der Waals surface area contributed by atoms with Crippen LogP contribution in [0.4, 0.5) is 0 Å². The number of hydrogen-bond donors (Lipinski definition) is 2. The molecule has 0 saturated carbocycles. The third kappa shape index (κ3) is 8.34. The van der Waals surface area contributed by atoms with Gasteiger partial charge in [0.2, 0.25) is 5.91 Å². The summed E-state index contributed by atoms with van der Waals surface area (Å²) < 4.78 is 5.47.